The minimum Gasteiger partial charge on any atom is -0.238 e. The van der Waals surface area contributed by atoms with E-state index in [1.807, 2.05) is 12.1 Å². The highest BCUT2D eigenvalue weighted by Crippen LogP contribution is 2.34. The number of hydrogen-bond acceptors (Lipinski definition) is 0. The number of fused-ring (bicyclic) bond motifs is 8. The molecule has 0 aliphatic rings. The summed E-state index contributed by atoms with van der Waals surface area (Å²) in [5.74, 6) is 0. The molecule has 0 spiro atoms. The van der Waals surface area contributed by atoms with Crippen LogP contribution in [0.4, 0.5) is 5.69 Å². The van der Waals surface area contributed by atoms with Crippen LogP contribution < -0.4 is 37.0 Å². The van der Waals surface area contributed by atoms with Gasteiger partial charge in [-0.25, -0.2) is 4.85 Å². The van der Waals surface area contributed by atoms with Crippen LogP contribution >= 0.6 is 0 Å². The molecule has 12 aromatic carbocycles. The smallest absolute Gasteiger partial charge is 0.238 e. The lowest BCUT2D eigenvalue weighted by Crippen LogP contribution is -2.43. The van der Waals surface area contributed by atoms with Crippen molar-refractivity contribution >= 4 is 92.4 Å². The van der Waals surface area contributed by atoms with Crippen molar-refractivity contribution in [3.8, 4) is 45.5 Å². The predicted molar refractivity (Wildman–Crippen MR) is 491 cm³/mol. The summed E-state index contributed by atoms with van der Waals surface area (Å²) in [7, 11) is 8.45. The quantitative estimate of drug-likeness (QED) is 0.108. The van der Waals surface area contributed by atoms with Gasteiger partial charge >= 0.3 is 0 Å². The molecule has 13 nitrogen and oxygen atoms in total. The van der Waals surface area contributed by atoms with Crippen molar-refractivity contribution < 1.29 is 37.0 Å². The number of para-hydroxylation sites is 4. The number of hydrogen-bond donors (Lipinski definition) is 0. The van der Waals surface area contributed by atoms with E-state index in [-0.39, 0.29) is 5.41 Å². The molecule has 0 amide bonds. The fraction of sp³-hybridized carbons (Fsp3) is 0.176. The monoisotopic (exact) mass is 1580 g/mol. The molecule has 0 radical (unpaired) electrons. The van der Waals surface area contributed by atoms with Gasteiger partial charge in [-0.3, -0.25) is 0 Å². The summed E-state index contributed by atoms with van der Waals surface area (Å²) in [6, 6.07) is 92.6. The number of aryl methyl sites for hydroxylation is 11. The van der Waals surface area contributed by atoms with E-state index in [0.717, 1.165) is 28.1 Å². The molecule has 0 bridgehead atoms. The molecule has 0 aliphatic carbocycles. The Balaban J connectivity index is 0.000000115. The van der Waals surface area contributed by atoms with Crippen LogP contribution in [0.1, 0.15) is 88.1 Å². The van der Waals surface area contributed by atoms with Crippen molar-refractivity contribution in [2.24, 2.45) is 28.2 Å². The lowest BCUT2D eigenvalue weighted by Gasteiger charge is -2.21. The zero-order chi connectivity index (χ0) is 84.6. The van der Waals surface area contributed by atoms with Gasteiger partial charge in [0.05, 0.1) is 70.4 Å². The van der Waals surface area contributed by atoms with Gasteiger partial charge in [-0.15, -0.1) is 28.1 Å². The summed E-state index contributed by atoms with van der Waals surface area (Å²) in [6.07, 6.45) is 17.8. The molecule has 20 aromatic rings. The highest BCUT2D eigenvalue weighted by molar-refractivity contribution is 5.85. The predicted octanol–water partition coefficient (Wildman–Crippen LogP) is 20.8. The first kappa shape index (κ1) is 79.1. The molecule has 0 saturated carbocycles. The summed E-state index contributed by atoms with van der Waals surface area (Å²) in [4.78, 5) is 3.77. The normalized spacial score (nSPS) is 11.5. The van der Waals surface area contributed by atoms with Gasteiger partial charge in [0.25, 0.3) is 0 Å². The molecule has 8 heterocycles. The molecule has 8 aromatic heterocycles. The van der Waals surface area contributed by atoms with Crippen molar-refractivity contribution in [3.63, 3.8) is 0 Å². The number of pyridine rings is 4. The fourth-order valence-electron chi connectivity index (χ4n) is 18.0. The first-order valence-electron chi connectivity index (χ1n) is 41.7. The van der Waals surface area contributed by atoms with Crippen molar-refractivity contribution in [1.29, 1.82) is 0 Å². The summed E-state index contributed by atoms with van der Waals surface area (Å²) < 4.78 is 27.0. The SMILES string of the molecule is Cc1c(-n2cc3ccccc3[n+]2C)cc(C(C)(C)C)cc1-[n+]1cc2ccccc2cc1C.Cc1cc(-n2cc3ccccc3[n+]2C)c(C)c(-[n+]2cc3ccccc3cc2C)c1.Cc1cc(C)c(-[n+]2cc3ccccc3n2C)c(C)c1-[n+]1cc2ccccc2cc1C.[C-]#[N+]c1cc(-n2cc3ccccc3[n+]2C)c(C)c(-[n+]2cc3ccccc3cc2C)c1. The van der Waals surface area contributed by atoms with Crippen molar-refractivity contribution in [2.75, 3.05) is 0 Å². The highest BCUT2D eigenvalue weighted by atomic mass is 15.4. The van der Waals surface area contributed by atoms with Crippen LogP contribution in [0.5, 0.6) is 0 Å². The standard InChI is InChI=1S/C29H31N3.C27H27N3.C26H22N4.C26H25N3/c1-20-15-22-11-7-8-12-23(22)18-31(20)27-16-25(29(3,4)5)17-28(21(27)2)32-19-24-13-9-10-14-26(24)30(32)6;1-18-14-19(2)27(30-17-24-12-8-9-13-25(24)28(30)5)21(4)26(18)29-16-23-11-7-6-10-22(23)15-20(29)3;1-18-13-20-9-5-6-10-21(20)16-29(18)25-14-23(27-3)15-26(19(25)2)30-17-22-11-7-8-12-24(22)28(30)4;1-18-13-25(28-16-22-10-6-5-9-21(22)15-19(28)2)20(3)26(14-18)29-17-23-11-7-8-12-24(23)27(29)4/h7-19H,1-6H3;6-17H,1-5H3;5-17H,1-2,4H3;5-17H,1-4H3/q4*+2. The van der Waals surface area contributed by atoms with Gasteiger partial charge in [0.1, 0.15) is 22.6 Å². The molecule has 20 rings (SSSR count). The summed E-state index contributed by atoms with van der Waals surface area (Å²) >= 11 is 0. The molecule has 0 N–H and O–H groups in total. The summed E-state index contributed by atoms with van der Waals surface area (Å²) in [5.41, 5.74) is 29.8. The Hall–Kier alpha value is -14.4. The molecule has 0 atom stereocenters. The zero-order valence-corrected chi connectivity index (χ0v) is 72.8. The molecule has 0 unspecified atom stereocenters. The van der Waals surface area contributed by atoms with Crippen molar-refractivity contribution in [3.05, 3.63) is 389 Å². The number of aromatic nitrogens is 12. The Labute approximate surface area is 708 Å². The van der Waals surface area contributed by atoms with Crippen LogP contribution in [0.25, 0.3) is 137 Å². The van der Waals surface area contributed by atoms with Gasteiger partial charge in [-0.05, 0) is 165 Å². The second kappa shape index (κ2) is 31.8. The third-order valence-corrected chi connectivity index (χ3v) is 24.6. The van der Waals surface area contributed by atoms with E-state index < -0.39 is 0 Å². The molecular weight excluding hydrogens is 1480 g/mol. The number of rotatable bonds is 8. The van der Waals surface area contributed by atoms with Crippen LogP contribution in [0, 0.1) is 82.7 Å². The van der Waals surface area contributed by atoms with Gasteiger partial charge in [0.2, 0.25) is 51.2 Å². The minimum absolute atomic E-state index is 0.0354. The van der Waals surface area contributed by atoms with Gasteiger partial charge in [0.15, 0.2) is 74.4 Å². The molecule has 0 fully saturated rings. The van der Waals surface area contributed by atoms with Gasteiger partial charge < -0.3 is 0 Å². The van der Waals surface area contributed by atoms with E-state index >= 15 is 0 Å². The Morgan fingerprint density at radius 3 is 1.03 bits per heavy atom. The largest absolute Gasteiger partial charge is 0.248 e. The van der Waals surface area contributed by atoms with Gasteiger partial charge in [0, 0.05) is 127 Å². The average Bonchev–Trinajstić information content (AvgIpc) is 1.73. The minimum atomic E-state index is 0.0354. The Kier molecular flexibility index (Phi) is 20.8. The maximum Gasteiger partial charge on any atom is 0.248 e. The van der Waals surface area contributed by atoms with Crippen molar-refractivity contribution in [2.45, 2.75) is 102 Å². The molecular formula is C108H105N13+8. The van der Waals surface area contributed by atoms with E-state index in [0.29, 0.717) is 5.69 Å². The van der Waals surface area contributed by atoms with Crippen LogP contribution in [0.3, 0.4) is 0 Å². The number of benzene rings is 12. The molecule has 13 heteroatoms. The van der Waals surface area contributed by atoms with E-state index in [9.17, 15) is 0 Å². The average molecular weight is 1590 g/mol. The van der Waals surface area contributed by atoms with Crippen LogP contribution in [-0.4, -0.2) is 18.7 Å². The maximum atomic E-state index is 7.68. The third-order valence-electron chi connectivity index (χ3n) is 24.6. The number of nitrogens with zero attached hydrogens (tertiary/aromatic N) is 13. The molecule has 0 aliphatic heterocycles. The third kappa shape index (κ3) is 14.7. The van der Waals surface area contributed by atoms with Gasteiger partial charge in [-0.1, -0.05) is 147 Å². The Bertz CT molecular complexity index is 7590. The maximum absolute atomic E-state index is 7.68. The van der Waals surface area contributed by atoms with Crippen LogP contribution in [-0.2, 0) is 33.6 Å². The van der Waals surface area contributed by atoms with E-state index in [1.54, 1.807) is 0 Å². The topological polar surface area (TPSA) is 55.1 Å². The van der Waals surface area contributed by atoms with Crippen LogP contribution in [0.2, 0.25) is 0 Å². The van der Waals surface area contributed by atoms with Gasteiger partial charge in [-0.2, -0.15) is 23.0 Å². The van der Waals surface area contributed by atoms with E-state index in [4.69, 9.17) is 6.57 Å². The molecule has 121 heavy (non-hydrogen) atoms. The Morgan fingerprint density at radius 2 is 0.636 bits per heavy atom. The molecule has 594 valence electrons. The molecule has 0 saturated heterocycles. The summed E-state index contributed by atoms with van der Waals surface area (Å²) in [6.45, 7) is 38.6. The second-order valence-corrected chi connectivity index (χ2v) is 33.8. The first-order valence-corrected chi connectivity index (χ1v) is 41.7. The lowest BCUT2D eigenvalue weighted by molar-refractivity contribution is -0.721. The van der Waals surface area contributed by atoms with Crippen molar-refractivity contribution in [1.82, 2.24) is 18.7 Å². The second-order valence-electron chi connectivity index (χ2n) is 33.8. The lowest BCUT2D eigenvalue weighted by atomic mass is 9.85. The fourth-order valence-corrected chi connectivity index (χ4v) is 18.0. The van der Waals surface area contributed by atoms with E-state index in [2.05, 4.69) is 484 Å². The summed E-state index contributed by atoms with van der Waals surface area (Å²) in [5, 5.41) is 14.9. The highest BCUT2D eigenvalue weighted by Gasteiger charge is 2.32. The Morgan fingerprint density at radius 1 is 0.306 bits per heavy atom. The first-order chi connectivity index (χ1) is 58.3. The van der Waals surface area contributed by atoms with E-state index in [1.165, 1.54) is 171 Å². The van der Waals surface area contributed by atoms with Crippen LogP contribution in [0.15, 0.2) is 310 Å². The zero-order valence-electron chi connectivity index (χ0n) is 72.8.